The Kier molecular flexibility index (Phi) is 5.01. The van der Waals surface area contributed by atoms with Crippen molar-refractivity contribution < 1.29 is 17.6 Å². The zero-order valence-corrected chi connectivity index (χ0v) is 16.4. The Bertz CT molecular complexity index is 812. The smallest absolute Gasteiger partial charge is 0.233 e. The van der Waals surface area contributed by atoms with Crippen molar-refractivity contribution in [2.45, 2.75) is 43.6 Å². The highest BCUT2D eigenvalue weighted by Gasteiger charge is 2.46. The normalized spacial score (nSPS) is 27.7. The Morgan fingerprint density at radius 3 is 2.41 bits per heavy atom. The molecule has 0 spiro atoms. The lowest BCUT2D eigenvalue weighted by Crippen LogP contribution is -2.56. The topological polar surface area (TPSA) is 57.7 Å². The summed E-state index contributed by atoms with van der Waals surface area (Å²) in [6.45, 7) is 2.66. The molecule has 2 aliphatic heterocycles. The van der Waals surface area contributed by atoms with Crippen LogP contribution in [0.25, 0.3) is 0 Å². The SMILES string of the molecule is O=C(N1CCN(C2CCS(=O)(=O)C2)CC1)C1(c2cccc(F)c2)CCCC1. The molecule has 1 aliphatic carbocycles. The summed E-state index contributed by atoms with van der Waals surface area (Å²) in [5, 5.41) is 0. The summed E-state index contributed by atoms with van der Waals surface area (Å²) in [6.07, 6.45) is 4.22. The third-order valence-corrected chi connectivity index (χ3v) is 8.32. The van der Waals surface area contributed by atoms with E-state index in [0.717, 1.165) is 31.2 Å². The van der Waals surface area contributed by atoms with E-state index in [1.54, 1.807) is 6.07 Å². The molecule has 2 saturated heterocycles. The average molecular weight is 395 g/mol. The Hall–Kier alpha value is -1.47. The van der Waals surface area contributed by atoms with Crippen LogP contribution in [-0.4, -0.2) is 67.9 Å². The van der Waals surface area contributed by atoms with Gasteiger partial charge in [-0.2, -0.15) is 0 Å². The quantitative estimate of drug-likeness (QED) is 0.787. The number of halogens is 1. The highest BCUT2D eigenvalue weighted by Crippen LogP contribution is 2.43. The van der Waals surface area contributed by atoms with Crippen molar-refractivity contribution in [3.05, 3.63) is 35.6 Å². The second-order valence-electron chi connectivity index (χ2n) is 8.18. The van der Waals surface area contributed by atoms with E-state index in [2.05, 4.69) is 4.90 Å². The zero-order chi connectivity index (χ0) is 19.1. The molecule has 3 fully saturated rings. The van der Waals surface area contributed by atoms with E-state index in [1.807, 2.05) is 11.0 Å². The number of piperazine rings is 1. The summed E-state index contributed by atoms with van der Waals surface area (Å²) < 4.78 is 37.3. The molecule has 1 unspecified atom stereocenters. The van der Waals surface area contributed by atoms with Crippen LogP contribution < -0.4 is 0 Å². The predicted molar refractivity (Wildman–Crippen MR) is 102 cm³/mol. The van der Waals surface area contributed by atoms with Gasteiger partial charge in [-0.3, -0.25) is 9.69 Å². The van der Waals surface area contributed by atoms with E-state index in [-0.39, 0.29) is 29.3 Å². The molecule has 1 aromatic rings. The summed E-state index contributed by atoms with van der Waals surface area (Å²) in [5.74, 6) is 0.344. The number of carbonyl (C=O) groups excluding carboxylic acids is 1. The van der Waals surface area contributed by atoms with Gasteiger partial charge in [0.15, 0.2) is 9.84 Å². The summed E-state index contributed by atoms with van der Waals surface area (Å²) >= 11 is 0. The minimum atomic E-state index is -2.90. The fourth-order valence-corrected chi connectivity index (χ4v) is 6.81. The second kappa shape index (κ2) is 7.17. The summed E-state index contributed by atoms with van der Waals surface area (Å²) in [4.78, 5) is 17.6. The molecule has 27 heavy (non-hydrogen) atoms. The molecule has 4 rings (SSSR count). The maximum atomic E-state index is 13.8. The minimum absolute atomic E-state index is 0.0934. The van der Waals surface area contributed by atoms with E-state index in [4.69, 9.17) is 0 Å². The largest absolute Gasteiger partial charge is 0.339 e. The monoisotopic (exact) mass is 394 g/mol. The van der Waals surface area contributed by atoms with Gasteiger partial charge >= 0.3 is 0 Å². The predicted octanol–water partition coefficient (Wildman–Crippen LogP) is 1.97. The first-order valence-corrected chi connectivity index (χ1v) is 11.7. The van der Waals surface area contributed by atoms with Crippen LogP contribution in [0.4, 0.5) is 4.39 Å². The molecular formula is C20H27FN2O3S. The van der Waals surface area contributed by atoms with E-state index in [1.165, 1.54) is 12.1 Å². The molecular weight excluding hydrogens is 367 g/mol. The third-order valence-electron chi connectivity index (χ3n) is 6.57. The van der Waals surface area contributed by atoms with Gasteiger partial charge in [0, 0.05) is 32.2 Å². The fraction of sp³-hybridized carbons (Fsp3) is 0.650. The van der Waals surface area contributed by atoms with Crippen LogP contribution in [0, 0.1) is 5.82 Å². The molecule has 0 radical (unpaired) electrons. The second-order valence-corrected chi connectivity index (χ2v) is 10.4. The van der Waals surface area contributed by atoms with Crippen molar-refractivity contribution in [1.29, 1.82) is 0 Å². The minimum Gasteiger partial charge on any atom is -0.339 e. The van der Waals surface area contributed by atoms with Crippen LogP contribution in [-0.2, 0) is 20.0 Å². The number of amides is 1. The van der Waals surface area contributed by atoms with Crippen LogP contribution in [0.5, 0.6) is 0 Å². The van der Waals surface area contributed by atoms with Gasteiger partial charge in [0.25, 0.3) is 0 Å². The van der Waals surface area contributed by atoms with Gasteiger partial charge in [0.2, 0.25) is 5.91 Å². The van der Waals surface area contributed by atoms with Crippen molar-refractivity contribution in [3.63, 3.8) is 0 Å². The lowest BCUT2D eigenvalue weighted by atomic mass is 9.77. The maximum absolute atomic E-state index is 13.8. The third kappa shape index (κ3) is 3.63. The summed E-state index contributed by atoms with van der Waals surface area (Å²) in [6, 6.07) is 6.60. The standard InChI is InChI=1S/C20H27FN2O3S/c21-17-5-3-4-16(14-17)20(7-1-2-8-20)19(24)23-11-9-22(10-12-23)18-6-13-27(25,26)15-18/h3-5,14,18H,1-2,6-13,15H2. The molecule has 0 aromatic heterocycles. The van der Waals surface area contributed by atoms with Crippen molar-refractivity contribution in [2.75, 3.05) is 37.7 Å². The summed E-state index contributed by atoms with van der Waals surface area (Å²) in [7, 11) is -2.90. The van der Waals surface area contributed by atoms with Gasteiger partial charge in [0.1, 0.15) is 5.82 Å². The van der Waals surface area contributed by atoms with E-state index >= 15 is 0 Å². The van der Waals surface area contributed by atoms with Gasteiger partial charge in [-0.15, -0.1) is 0 Å². The van der Waals surface area contributed by atoms with Gasteiger partial charge < -0.3 is 4.90 Å². The van der Waals surface area contributed by atoms with E-state index < -0.39 is 15.3 Å². The van der Waals surface area contributed by atoms with Crippen LogP contribution in [0.2, 0.25) is 0 Å². The van der Waals surface area contributed by atoms with E-state index in [9.17, 15) is 17.6 Å². The lowest BCUT2D eigenvalue weighted by Gasteiger charge is -2.41. The molecule has 148 valence electrons. The number of carbonyl (C=O) groups is 1. The Morgan fingerprint density at radius 1 is 1.11 bits per heavy atom. The van der Waals surface area contributed by atoms with Crippen LogP contribution in [0.15, 0.2) is 24.3 Å². The Balaban J connectivity index is 1.46. The first-order valence-electron chi connectivity index (χ1n) is 9.90. The molecule has 7 heteroatoms. The highest BCUT2D eigenvalue weighted by molar-refractivity contribution is 7.91. The number of sulfone groups is 1. The van der Waals surface area contributed by atoms with Crippen LogP contribution >= 0.6 is 0 Å². The molecule has 3 aliphatic rings. The fourth-order valence-electron chi connectivity index (χ4n) is 5.05. The summed E-state index contributed by atoms with van der Waals surface area (Å²) in [5.41, 5.74) is 0.204. The Morgan fingerprint density at radius 2 is 1.81 bits per heavy atom. The number of rotatable bonds is 3. The molecule has 0 bridgehead atoms. The maximum Gasteiger partial charge on any atom is 0.233 e. The van der Waals surface area contributed by atoms with Gasteiger partial charge in [-0.25, -0.2) is 12.8 Å². The molecule has 5 nitrogen and oxygen atoms in total. The molecule has 1 amide bonds. The van der Waals surface area contributed by atoms with Crippen LogP contribution in [0.3, 0.4) is 0 Å². The molecule has 2 heterocycles. The number of hydrogen-bond donors (Lipinski definition) is 0. The Labute approximate surface area is 160 Å². The number of benzene rings is 1. The first kappa shape index (κ1) is 18.9. The number of nitrogens with zero attached hydrogens (tertiary/aromatic N) is 2. The van der Waals surface area contributed by atoms with Crippen molar-refractivity contribution in [2.24, 2.45) is 0 Å². The number of hydrogen-bond acceptors (Lipinski definition) is 4. The molecule has 0 N–H and O–H groups in total. The van der Waals surface area contributed by atoms with Crippen molar-refractivity contribution in [3.8, 4) is 0 Å². The van der Waals surface area contributed by atoms with Gasteiger partial charge in [0.05, 0.1) is 16.9 Å². The first-order chi connectivity index (χ1) is 12.9. The average Bonchev–Trinajstić information content (AvgIpc) is 3.29. The molecule has 1 saturated carbocycles. The lowest BCUT2D eigenvalue weighted by molar-refractivity contribution is -0.139. The van der Waals surface area contributed by atoms with E-state index in [0.29, 0.717) is 32.6 Å². The van der Waals surface area contributed by atoms with Crippen molar-refractivity contribution >= 4 is 15.7 Å². The van der Waals surface area contributed by atoms with Crippen LogP contribution in [0.1, 0.15) is 37.7 Å². The zero-order valence-electron chi connectivity index (χ0n) is 15.6. The van der Waals surface area contributed by atoms with Gasteiger partial charge in [-0.1, -0.05) is 25.0 Å². The molecule has 1 aromatic carbocycles. The van der Waals surface area contributed by atoms with Gasteiger partial charge in [-0.05, 0) is 37.0 Å². The van der Waals surface area contributed by atoms with Crippen molar-refractivity contribution in [1.82, 2.24) is 9.80 Å². The molecule has 1 atom stereocenters. The highest BCUT2D eigenvalue weighted by atomic mass is 32.2.